The smallest absolute Gasteiger partial charge is 0.249 e. The fraction of sp³-hybridized carbons (Fsp3) is 0.928. The van der Waals surface area contributed by atoms with Crippen LogP contribution in [0.4, 0.5) is 0 Å². The molecule has 0 bridgehead atoms. The van der Waals surface area contributed by atoms with Crippen LogP contribution < -0.4 is 5.32 Å². The number of carbonyl (C=O) groups excluding carboxylic acids is 1. The van der Waals surface area contributed by atoms with E-state index in [9.17, 15) is 40.5 Å². The molecule has 8 N–H and O–H groups in total. The van der Waals surface area contributed by atoms with E-state index in [2.05, 4.69) is 43.5 Å². The molecule has 1 aliphatic heterocycles. The summed E-state index contributed by atoms with van der Waals surface area (Å²) in [7, 11) is 0. The Morgan fingerprint density at radius 3 is 1.07 bits per heavy atom. The number of aliphatic hydroxyl groups excluding tert-OH is 7. The maximum Gasteiger partial charge on any atom is 0.249 e. The monoisotopic (exact) mass is 1140 g/mol. The van der Waals surface area contributed by atoms with Crippen LogP contribution in [0, 0.1) is 0 Å². The molecule has 80 heavy (non-hydrogen) atoms. The van der Waals surface area contributed by atoms with E-state index in [1.807, 2.05) is 0 Å². The highest BCUT2D eigenvalue weighted by Gasteiger charge is 2.44. The molecule has 9 unspecified atom stereocenters. The standard InChI is InChI=1S/C69H133NO10/c1-3-5-7-9-11-13-15-17-19-21-23-25-27-29-30-31-32-33-35-37-39-41-43-45-47-49-51-53-55-57-62(73)68(78)70-60(59-79-69-67(77)66(76)65(75)63(58-71)80-69)64(74)61(72)56-54-52-50-48-46-44-42-40-38-36-34-28-26-24-22-20-18-16-14-12-10-8-6-4-2/h29-30,48,50,60-67,69,71-77H,3-28,31-47,49,51-59H2,1-2H3,(H,70,78)/b30-29-,50-48+. The minimum Gasteiger partial charge on any atom is -0.394 e. The zero-order chi connectivity index (χ0) is 58.2. The molecule has 1 fully saturated rings. The van der Waals surface area contributed by atoms with Crippen molar-refractivity contribution in [3.8, 4) is 0 Å². The zero-order valence-electron chi connectivity index (χ0n) is 52.3. The molecule has 1 aliphatic rings. The molecular formula is C69H133NO10. The molecule has 11 nitrogen and oxygen atoms in total. The summed E-state index contributed by atoms with van der Waals surface area (Å²) in [5.41, 5.74) is 0. The molecule has 9 atom stereocenters. The fourth-order valence-corrected chi connectivity index (χ4v) is 11.4. The van der Waals surface area contributed by atoms with Crippen LogP contribution in [-0.2, 0) is 14.3 Å². The van der Waals surface area contributed by atoms with Crippen LogP contribution in [0.1, 0.15) is 341 Å². The van der Waals surface area contributed by atoms with E-state index >= 15 is 0 Å². The molecule has 0 aliphatic carbocycles. The van der Waals surface area contributed by atoms with Crippen molar-refractivity contribution in [3.05, 3.63) is 24.3 Å². The maximum absolute atomic E-state index is 13.2. The van der Waals surface area contributed by atoms with Gasteiger partial charge in [0.15, 0.2) is 6.29 Å². The number of amides is 1. The van der Waals surface area contributed by atoms with Crippen LogP contribution in [0.25, 0.3) is 0 Å². The molecule has 0 aromatic carbocycles. The van der Waals surface area contributed by atoms with Gasteiger partial charge in [0, 0.05) is 0 Å². The van der Waals surface area contributed by atoms with E-state index in [0.29, 0.717) is 12.8 Å². The third-order valence-electron chi connectivity index (χ3n) is 17.0. The van der Waals surface area contributed by atoms with Crippen molar-refractivity contribution in [1.29, 1.82) is 0 Å². The molecule has 0 saturated carbocycles. The van der Waals surface area contributed by atoms with Crippen LogP contribution >= 0.6 is 0 Å². The largest absolute Gasteiger partial charge is 0.394 e. The number of nitrogens with one attached hydrogen (secondary N) is 1. The topological polar surface area (TPSA) is 189 Å². The lowest BCUT2D eigenvalue weighted by Gasteiger charge is -2.40. The molecule has 474 valence electrons. The summed E-state index contributed by atoms with van der Waals surface area (Å²) < 4.78 is 11.2. The minimum absolute atomic E-state index is 0.256. The third-order valence-corrected chi connectivity index (χ3v) is 17.0. The molecule has 1 heterocycles. The van der Waals surface area contributed by atoms with Gasteiger partial charge in [0.1, 0.15) is 36.6 Å². The van der Waals surface area contributed by atoms with Crippen molar-refractivity contribution in [3.63, 3.8) is 0 Å². The Morgan fingerprint density at radius 2 is 0.738 bits per heavy atom. The second kappa shape index (κ2) is 58.0. The first kappa shape index (κ1) is 76.6. The molecule has 0 aromatic heterocycles. The van der Waals surface area contributed by atoms with E-state index in [4.69, 9.17) is 9.47 Å². The Bertz CT molecular complexity index is 1350. The van der Waals surface area contributed by atoms with Crippen molar-refractivity contribution >= 4 is 5.91 Å². The van der Waals surface area contributed by atoms with E-state index in [1.165, 1.54) is 263 Å². The predicted octanol–water partition coefficient (Wildman–Crippen LogP) is 16.4. The van der Waals surface area contributed by atoms with Gasteiger partial charge >= 0.3 is 0 Å². The lowest BCUT2D eigenvalue weighted by atomic mass is 9.98. The number of hydrogen-bond acceptors (Lipinski definition) is 10. The maximum atomic E-state index is 13.2. The summed E-state index contributed by atoms with van der Waals surface area (Å²) in [6, 6.07) is -1.18. The highest BCUT2D eigenvalue weighted by molar-refractivity contribution is 5.80. The Hall–Kier alpha value is -1.41. The summed E-state index contributed by atoms with van der Waals surface area (Å²) in [6.07, 6.45) is 61.2. The first-order valence-electron chi connectivity index (χ1n) is 34.7. The molecule has 1 amide bonds. The molecule has 0 spiro atoms. The van der Waals surface area contributed by atoms with Gasteiger partial charge < -0.3 is 50.5 Å². The van der Waals surface area contributed by atoms with Crippen molar-refractivity contribution < 1.29 is 50.0 Å². The number of carbonyl (C=O) groups is 1. The van der Waals surface area contributed by atoms with E-state index in [1.54, 1.807) is 0 Å². The lowest BCUT2D eigenvalue weighted by Crippen LogP contribution is -2.60. The van der Waals surface area contributed by atoms with Gasteiger partial charge in [-0.3, -0.25) is 4.79 Å². The highest BCUT2D eigenvalue weighted by Crippen LogP contribution is 2.24. The van der Waals surface area contributed by atoms with Crippen LogP contribution in [0.3, 0.4) is 0 Å². The van der Waals surface area contributed by atoms with Gasteiger partial charge in [-0.05, 0) is 64.2 Å². The summed E-state index contributed by atoms with van der Waals surface area (Å²) in [4.78, 5) is 13.2. The first-order chi connectivity index (χ1) is 39.2. The van der Waals surface area contributed by atoms with Crippen LogP contribution in [-0.4, -0.2) is 110 Å². The molecule has 0 radical (unpaired) electrons. The van der Waals surface area contributed by atoms with Gasteiger partial charge in [-0.25, -0.2) is 0 Å². The van der Waals surface area contributed by atoms with Crippen molar-refractivity contribution in [2.75, 3.05) is 13.2 Å². The quantitative estimate of drug-likeness (QED) is 0.0215. The first-order valence-corrected chi connectivity index (χ1v) is 34.7. The Labute approximate surface area is 493 Å². The summed E-state index contributed by atoms with van der Waals surface area (Å²) in [5.74, 6) is -0.701. The molecule has 1 rings (SSSR count). The predicted molar refractivity (Wildman–Crippen MR) is 335 cm³/mol. The lowest BCUT2D eigenvalue weighted by molar-refractivity contribution is -0.303. The number of rotatable bonds is 61. The summed E-state index contributed by atoms with van der Waals surface area (Å²) in [6.45, 7) is 3.50. The van der Waals surface area contributed by atoms with E-state index < -0.39 is 74.2 Å². The third kappa shape index (κ3) is 45.0. The summed E-state index contributed by atoms with van der Waals surface area (Å²) >= 11 is 0. The number of ether oxygens (including phenoxy) is 2. The number of unbranched alkanes of at least 4 members (excludes halogenated alkanes) is 45. The second-order valence-corrected chi connectivity index (χ2v) is 24.6. The molecule has 0 aromatic rings. The van der Waals surface area contributed by atoms with Crippen LogP contribution in [0.2, 0.25) is 0 Å². The molecule has 1 saturated heterocycles. The number of hydrogen-bond donors (Lipinski definition) is 8. The minimum atomic E-state index is -1.67. The second-order valence-electron chi connectivity index (χ2n) is 24.6. The Morgan fingerprint density at radius 1 is 0.425 bits per heavy atom. The average Bonchev–Trinajstić information content (AvgIpc) is 3.47. The van der Waals surface area contributed by atoms with Crippen molar-refractivity contribution in [2.24, 2.45) is 0 Å². The fourth-order valence-electron chi connectivity index (χ4n) is 11.4. The van der Waals surface area contributed by atoms with E-state index in [0.717, 1.165) is 38.5 Å². The highest BCUT2D eigenvalue weighted by atomic mass is 16.7. The Balaban J connectivity index is 2.22. The molecular weight excluding hydrogens is 1000 g/mol. The van der Waals surface area contributed by atoms with Gasteiger partial charge in [0.2, 0.25) is 5.91 Å². The van der Waals surface area contributed by atoms with Gasteiger partial charge in [-0.2, -0.15) is 0 Å². The van der Waals surface area contributed by atoms with Gasteiger partial charge in [0.25, 0.3) is 0 Å². The number of allylic oxidation sites excluding steroid dienone is 4. The molecule has 11 heteroatoms. The SMILES string of the molecule is CCCCCCCCCCCCCC/C=C\CCCCCCCCCCCCCCCC(O)C(=O)NC(COC1OC(CO)C(O)C(O)C1O)C(O)C(O)CCC/C=C/CCCCCCCCCCCCCCCCCCCCC. The number of aliphatic hydroxyl groups is 7. The summed E-state index contributed by atoms with van der Waals surface area (Å²) in [5, 5.41) is 76.5. The van der Waals surface area contributed by atoms with Gasteiger partial charge in [0.05, 0.1) is 25.4 Å². The van der Waals surface area contributed by atoms with Crippen molar-refractivity contribution in [2.45, 2.75) is 396 Å². The normalized spacial score (nSPS) is 19.3. The average molecular weight is 1140 g/mol. The zero-order valence-corrected chi connectivity index (χ0v) is 52.3. The van der Waals surface area contributed by atoms with Gasteiger partial charge in [-0.15, -0.1) is 0 Å². The van der Waals surface area contributed by atoms with Crippen molar-refractivity contribution in [1.82, 2.24) is 5.32 Å². The van der Waals surface area contributed by atoms with Crippen LogP contribution in [0.5, 0.6) is 0 Å². The van der Waals surface area contributed by atoms with E-state index in [-0.39, 0.29) is 12.8 Å². The van der Waals surface area contributed by atoms with Gasteiger partial charge in [-0.1, -0.05) is 301 Å². The Kier molecular flexibility index (Phi) is 55.5. The van der Waals surface area contributed by atoms with Crippen LogP contribution in [0.15, 0.2) is 24.3 Å².